The van der Waals surface area contributed by atoms with Gasteiger partial charge < -0.3 is 15.7 Å². The highest BCUT2D eigenvalue weighted by Gasteiger charge is 2.36. The van der Waals surface area contributed by atoms with E-state index < -0.39 is 0 Å². The van der Waals surface area contributed by atoms with Gasteiger partial charge in [-0.25, -0.2) is 0 Å². The molecule has 1 rings (SSSR count). The summed E-state index contributed by atoms with van der Waals surface area (Å²) >= 11 is 0. The van der Waals surface area contributed by atoms with Crippen molar-refractivity contribution in [2.24, 2.45) is 17.3 Å². The van der Waals surface area contributed by atoms with Crippen molar-refractivity contribution in [3.8, 4) is 0 Å². The fraction of sp³-hybridized carbons (Fsp3) is 0.933. The predicted octanol–water partition coefficient (Wildman–Crippen LogP) is 1.54. The van der Waals surface area contributed by atoms with Crippen molar-refractivity contribution in [3.63, 3.8) is 0 Å². The van der Waals surface area contributed by atoms with Crippen LogP contribution in [0.4, 0.5) is 0 Å². The fourth-order valence-electron chi connectivity index (χ4n) is 2.62. The van der Waals surface area contributed by atoms with Crippen molar-refractivity contribution in [2.75, 3.05) is 26.2 Å². The Balaban J connectivity index is 2.30. The summed E-state index contributed by atoms with van der Waals surface area (Å²) in [4.78, 5) is 12.3. The van der Waals surface area contributed by atoms with E-state index in [9.17, 15) is 4.79 Å². The van der Waals surface area contributed by atoms with Gasteiger partial charge in [0, 0.05) is 18.6 Å². The molecule has 4 nitrogen and oxygen atoms in total. The van der Waals surface area contributed by atoms with Crippen LogP contribution in [0.15, 0.2) is 0 Å². The molecule has 0 saturated carbocycles. The van der Waals surface area contributed by atoms with Gasteiger partial charge in [-0.05, 0) is 50.6 Å². The van der Waals surface area contributed by atoms with Crippen LogP contribution in [-0.2, 0) is 4.79 Å². The van der Waals surface area contributed by atoms with Crippen LogP contribution in [0.25, 0.3) is 0 Å². The van der Waals surface area contributed by atoms with Crippen molar-refractivity contribution in [2.45, 2.75) is 46.5 Å². The van der Waals surface area contributed by atoms with Crippen LogP contribution in [0, 0.1) is 17.3 Å². The molecule has 0 aromatic rings. The fourth-order valence-corrected chi connectivity index (χ4v) is 2.62. The topological polar surface area (TPSA) is 61.4 Å². The predicted molar refractivity (Wildman–Crippen MR) is 77.9 cm³/mol. The van der Waals surface area contributed by atoms with E-state index in [1.54, 1.807) is 0 Å². The number of carbonyl (C=O) groups is 1. The zero-order chi connectivity index (χ0) is 14.3. The molecule has 1 heterocycles. The second-order valence-corrected chi connectivity index (χ2v) is 6.45. The summed E-state index contributed by atoms with van der Waals surface area (Å²) in [5.41, 5.74) is -0.296. The van der Waals surface area contributed by atoms with Crippen LogP contribution in [-0.4, -0.2) is 37.3 Å². The van der Waals surface area contributed by atoms with Crippen molar-refractivity contribution in [3.05, 3.63) is 0 Å². The SMILES string of the molecule is CC(CO)CCCNC(=O)C(C)(C)C1CCCNC1. The molecule has 19 heavy (non-hydrogen) atoms. The Morgan fingerprint density at radius 1 is 1.53 bits per heavy atom. The van der Waals surface area contributed by atoms with Gasteiger partial charge in [-0.1, -0.05) is 20.8 Å². The van der Waals surface area contributed by atoms with Gasteiger partial charge in [0.25, 0.3) is 0 Å². The summed E-state index contributed by atoms with van der Waals surface area (Å²) in [6.45, 7) is 9.10. The molecular formula is C15H30N2O2. The first-order valence-electron chi connectivity index (χ1n) is 7.58. The molecule has 0 aromatic heterocycles. The first kappa shape index (κ1) is 16.4. The highest BCUT2D eigenvalue weighted by atomic mass is 16.3. The van der Waals surface area contributed by atoms with Crippen molar-refractivity contribution < 1.29 is 9.90 Å². The molecule has 2 unspecified atom stereocenters. The standard InChI is InChI=1S/C15H30N2O2/c1-12(11-18)6-4-9-17-14(19)15(2,3)13-7-5-8-16-10-13/h12-13,16,18H,4-11H2,1-3H3,(H,17,19). The van der Waals surface area contributed by atoms with Crippen LogP contribution < -0.4 is 10.6 Å². The number of aliphatic hydroxyl groups is 1. The average Bonchev–Trinajstić information content (AvgIpc) is 2.43. The Kier molecular flexibility index (Phi) is 6.80. The molecule has 1 amide bonds. The summed E-state index contributed by atoms with van der Waals surface area (Å²) in [6.07, 6.45) is 4.19. The molecule has 112 valence electrons. The maximum atomic E-state index is 12.3. The summed E-state index contributed by atoms with van der Waals surface area (Å²) in [5, 5.41) is 15.4. The van der Waals surface area contributed by atoms with E-state index in [0.717, 1.165) is 38.8 Å². The van der Waals surface area contributed by atoms with E-state index in [-0.39, 0.29) is 17.9 Å². The van der Waals surface area contributed by atoms with E-state index >= 15 is 0 Å². The van der Waals surface area contributed by atoms with Crippen LogP contribution in [0.1, 0.15) is 46.5 Å². The Bertz CT molecular complexity index is 273. The number of rotatable bonds is 7. The number of carbonyl (C=O) groups excluding carboxylic acids is 1. The molecule has 1 saturated heterocycles. The lowest BCUT2D eigenvalue weighted by Gasteiger charge is -2.36. The van der Waals surface area contributed by atoms with Gasteiger partial charge in [-0.15, -0.1) is 0 Å². The number of hydrogen-bond acceptors (Lipinski definition) is 3. The zero-order valence-corrected chi connectivity index (χ0v) is 12.7. The van der Waals surface area contributed by atoms with E-state index in [1.807, 2.05) is 6.92 Å². The van der Waals surface area contributed by atoms with Crippen LogP contribution in [0.3, 0.4) is 0 Å². The molecule has 3 N–H and O–H groups in total. The summed E-state index contributed by atoms with van der Waals surface area (Å²) in [6, 6.07) is 0. The van der Waals surface area contributed by atoms with E-state index in [1.165, 1.54) is 0 Å². The largest absolute Gasteiger partial charge is 0.396 e. The van der Waals surface area contributed by atoms with Gasteiger partial charge in [0.05, 0.1) is 0 Å². The van der Waals surface area contributed by atoms with Gasteiger partial charge in [-0.3, -0.25) is 4.79 Å². The first-order valence-corrected chi connectivity index (χ1v) is 7.58. The summed E-state index contributed by atoms with van der Waals surface area (Å²) < 4.78 is 0. The van der Waals surface area contributed by atoms with Gasteiger partial charge in [0.1, 0.15) is 0 Å². The average molecular weight is 270 g/mol. The van der Waals surface area contributed by atoms with Crippen molar-refractivity contribution >= 4 is 5.91 Å². The lowest BCUT2D eigenvalue weighted by atomic mass is 9.74. The number of hydrogen-bond donors (Lipinski definition) is 3. The summed E-state index contributed by atoms with van der Waals surface area (Å²) in [5.74, 6) is 0.919. The maximum Gasteiger partial charge on any atom is 0.225 e. The Morgan fingerprint density at radius 2 is 2.26 bits per heavy atom. The third kappa shape index (κ3) is 5.11. The molecule has 0 bridgehead atoms. The second kappa shape index (κ2) is 7.85. The Labute approximate surface area is 117 Å². The van der Waals surface area contributed by atoms with E-state index in [4.69, 9.17) is 5.11 Å². The lowest BCUT2D eigenvalue weighted by Crippen LogP contribution is -2.47. The van der Waals surface area contributed by atoms with Gasteiger partial charge in [0.15, 0.2) is 0 Å². The van der Waals surface area contributed by atoms with Crippen LogP contribution in [0.5, 0.6) is 0 Å². The zero-order valence-electron chi connectivity index (χ0n) is 12.7. The van der Waals surface area contributed by atoms with E-state index in [0.29, 0.717) is 18.4 Å². The van der Waals surface area contributed by atoms with E-state index in [2.05, 4.69) is 24.5 Å². The van der Waals surface area contributed by atoms with Crippen LogP contribution >= 0.6 is 0 Å². The normalized spacial score (nSPS) is 22.0. The first-order chi connectivity index (χ1) is 8.98. The quantitative estimate of drug-likeness (QED) is 0.615. The molecule has 0 radical (unpaired) electrons. The minimum absolute atomic E-state index is 0.165. The number of aliphatic hydroxyl groups excluding tert-OH is 1. The van der Waals surface area contributed by atoms with Crippen LogP contribution in [0.2, 0.25) is 0 Å². The molecular weight excluding hydrogens is 240 g/mol. The monoisotopic (exact) mass is 270 g/mol. The molecule has 4 heteroatoms. The highest BCUT2D eigenvalue weighted by Crippen LogP contribution is 2.31. The molecule has 0 aliphatic carbocycles. The number of amides is 1. The minimum atomic E-state index is -0.296. The molecule has 1 aliphatic rings. The Hall–Kier alpha value is -0.610. The lowest BCUT2D eigenvalue weighted by molar-refractivity contribution is -0.132. The van der Waals surface area contributed by atoms with Gasteiger partial charge >= 0.3 is 0 Å². The smallest absolute Gasteiger partial charge is 0.225 e. The minimum Gasteiger partial charge on any atom is -0.396 e. The van der Waals surface area contributed by atoms with Gasteiger partial charge in [-0.2, -0.15) is 0 Å². The molecule has 0 spiro atoms. The van der Waals surface area contributed by atoms with Crippen molar-refractivity contribution in [1.29, 1.82) is 0 Å². The third-order valence-electron chi connectivity index (χ3n) is 4.37. The Morgan fingerprint density at radius 3 is 2.84 bits per heavy atom. The maximum absolute atomic E-state index is 12.3. The summed E-state index contributed by atoms with van der Waals surface area (Å²) in [7, 11) is 0. The number of nitrogens with one attached hydrogen (secondary N) is 2. The molecule has 2 atom stereocenters. The molecule has 1 fully saturated rings. The molecule has 1 aliphatic heterocycles. The second-order valence-electron chi connectivity index (χ2n) is 6.45. The van der Waals surface area contributed by atoms with Crippen molar-refractivity contribution in [1.82, 2.24) is 10.6 Å². The van der Waals surface area contributed by atoms with Gasteiger partial charge in [0.2, 0.25) is 5.91 Å². The number of piperidine rings is 1. The highest BCUT2D eigenvalue weighted by molar-refractivity contribution is 5.82. The third-order valence-corrected chi connectivity index (χ3v) is 4.37. The molecule has 0 aromatic carbocycles.